The van der Waals surface area contributed by atoms with Gasteiger partial charge in [0.05, 0.1) is 17.2 Å². The molecule has 0 amide bonds. The maximum absolute atomic E-state index is 10.6. The zero-order valence-electron chi connectivity index (χ0n) is 11.4. The minimum atomic E-state index is -0.369. The van der Waals surface area contributed by atoms with Crippen molar-refractivity contribution in [1.29, 1.82) is 0 Å². The van der Waals surface area contributed by atoms with Gasteiger partial charge >= 0.3 is 5.00 Å². The van der Waals surface area contributed by atoms with Gasteiger partial charge in [0.1, 0.15) is 5.75 Å². The van der Waals surface area contributed by atoms with Crippen LogP contribution in [0, 0.1) is 17.0 Å². The lowest BCUT2D eigenvalue weighted by atomic mass is 10.2. The fourth-order valence-electron chi connectivity index (χ4n) is 1.80. The van der Waals surface area contributed by atoms with Crippen molar-refractivity contribution in [3.05, 3.63) is 50.9 Å². The Morgan fingerprint density at radius 2 is 2.20 bits per heavy atom. The molecule has 1 N–H and O–H groups in total. The third-order valence-corrected chi connectivity index (χ3v) is 3.67. The SMILES string of the molecule is CCOc1cc(C)ccc1NCc1csc([N+](=O)[O-])c1. The van der Waals surface area contributed by atoms with Gasteiger partial charge in [0.15, 0.2) is 0 Å². The largest absolute Gasteiger partial charge is 0.492 e. The Morgan fingerprint density at radius 3 is 2.85 bits per heavy atom. The summed E-state index contributed by atoms with van der Waals surface area (Å²) in [5.41, 5.74) is 2.92. The van der Waals surface area contributed by atoms with E-state index in [4.69, 9.17) is 4.74 Å². The highest BCUT2D eigenvalue weighted by atomic mass is 32.1. The van der Waals surface area contributed by atoms with E-state index in [-0.39, 0.29) is 9.92 Å². The molecule has 0 spiro atoms. The van der Waals surface area contributed by atoms with Gasteiger partial charge in [-0.25, -0.2) is 0 Å². The van der Waals surface area contributed by atoms with Gasteiger partial charge in [-0.2, -0.15) is 0 Å². The van der Waals surface area contributed by atoms with Gasteiger partial charge in [0.2, 0.25) is 0 Å². The van der Waals surface area contributed by atoms with E-state index in [1.807, 2.05) is 32.0 Å². The third kappa shape index (κ3) is 3.48. The molecule has 0 unspecified atom stereocenters. The number of hydrogen-bond acceptors (Lipinski definition) is 5. The summed E-state index contributed by atoms with van der Waals surface area (Å²) in [5, 5.41) is 15.8. The predicted octanol–water partition coefficient (Wildman–Crippen LogP) is 3.98. The summed E-state index contributed by atoms with van der Waals surface area (Å²) in [5.74, 6) is 0.803. The van der Waals surface area contributed by atoms with E-state index in [2.05, 4.69) is 5.32 Å². The van der Waals surface area contributed by atoms with Crippen molar-refractivity contribution in [3.63, 3.8) is 0 Å². The van der Waals surface area contributed by atoms with Gasteiger partial charge in [-0.3, -0.25) is 10.1 Å². The molecule has 6 heteroatoms. The number of ether oxygens (including phenoxy) is 1. The molecule has 0 aliphatic carbocycles. The van der Waals surface area contributed by atoms with E-state index < -0.39 is 0 Å². The van der Waals surface area contributed by atoms with Crippen LogP contribution in [0.5, 0.6) is 5.75 Å². The van der Waals surface area contributed by atoms with Crippen LogP contribution in [0.1, 0.15) is 18.1 Å². The minimum Gasteiger partial charge on any atom is -0.492 e. The Hall–Kier alpha value is -2.08. The fourth-order valence-corrected chi connectivity index (χ4v) is 2.53. The number of nitrogens with zero attached hydrogens (tertiary/aromatic N) is 1. The molecule has 0 fully saturated rings. The second kappa shape index (κ2) is 6.38. The standard InChI is InChI=1S/C14H16N2O3S/c1-3-19-13-6-10(2)4-5-12(13)15-8-11-7-14(16(17)18)20-9-11/h4-7,9,15H,3,8H2,1-2H3. The average molecular weight is 292 g/mol. The number of nitro groups is 1. The fraction of sp³-hybridized carbons (Fsp3) is 0.286. The molecular formula is C14H16N2O3S. The van der Waals surface area contributed by atoms with Gasteiger partial charge in [-0.05, 0) is 37.1 Å². The molecule has 20 heavy (non-hydrogen) atoms. The predicted molar refractivity (Wildman–Crippen MR) is 80.6 cm³/mol. The van der Waals surface area contributed by atoms with Crippen molar-refractivity contribution in [1.82, 2.24) is 0 Å². The Labute approximate surface area is 121 Å². The second-order valence-electron chi connectivity index (χ2n) is 4.34. The first-order chi connectivity index (χ1) is 9.60. The van der Waals surface area contributed by atoms with Crippen molar-refractivity contribution in [2.24, 2.45) is 0 Å². The smallest absolute Gasteiger partial charge is 0.324 e. The summed E-state index contributed by atoms with van der Waals surface area (Å²) < 4.78 is 5.58. The van der Waals surface area contributed by atoms with Gasteiger partial charge < -0.3 is 10.1 Å². The Kier molecular flexibility index (Phi) is 4.57. The third-order valence-electron chi connectivity index (χ3n) is 2.74. The number of benzene rings is 1. The average Bonchev–Trinajstić information content (AvgIpc) is 2.87. The molecule has 1 aromatic carbocycles. The molecule has 0 atom stereocenters. The number of aryl methyl sites for hydroxylation is 1. The molecule has 0 radical (unpaired) electrons. The normalized spacial score (nSPS) is 10.3. The maximum atomic E-state index is 10.6. The number of hydrogen-bond donors (Lipinski definition) is 1. The monoisotopic (exact) mass is 292 g/mol. The molecule has 5 nitrogen and oxygen atoms in total. The van der Waals surface area contributed by atoms with Crippen LogP contribution >= 0.6 is 11.3 Å². The lowest BCUT2D eigenvalue weighted by Crippen LogP contribution is -2.02. The van der Waals surface area contributed by atoms with E-state index in [1.165, 1.54) is 0 Å². The summed E-state index contributed by atoms with van der Waals surface area (Å²) in [6.45, 7) is 5.08. The minimum absolute atomic E-state index is 0.163. The Morgan fingerprint density at radius 1 is 1.40 bits per heavy atom. The first kappa shape index (κ1) is 14.3. The van der Waals surface area contributed by atoms with Crippen LogP contribution in [0.3, 0.4) is 0 Å². The van der Waals surface area contributed by atoms with E-state index in [9.17, 15) is 10.1 Å². The quantitative estimate of drug-likeness (QED) is 0.646. The van der Waals surface area contributed by atoms with Crippen LogP contribution in [0.2, 0.25) is 0 Å². The molecule has 2 rings (SSSR count). The highest BCUT2D eigenvalue weighted by Crippen LogP contribution is 2.28. The van der Waals surface area contributed by atoms with Gasteiger partial charge in [-0.1, -0.05) is 17.4 Å². The molecule has 0 aliphatic rings. The summed E-state index contributed by atoms with van der Waals surface area (Å²) >= 11 is 1.14. The van der Waals surface area contributed by atoms with Crippen LogP contribution in [0.15, 0.2) is 29.6 Å². The zero-order chi connectivity index (χ0) is 14.5. The lowest BCUT2D eigenvalue weighted by molar-refractivity contribution is -0.380. The highest BCUT2D eigenvalue weighted by molar-refractivity contribution is 7.13. The molecular weight excluding hydrogens is 276 g/mol. The summed E-state index contributed by atoms with van der Waals surface area (Å²) in [4.78, 5) is 10.3. The summed E-state index contributed by atoms with van der Waals surface area (Å²) in [7, 11) is 0. The molecule has 0 bridgehead atoms. The van der Waals surface area contributed by atoms with Crippen molar-refractivity contribution >= 4 is 22.0 Å². The molecule has 2 aromatic rings. The van der Waals surface area contributed by atoms with Gasteiger partial charge in [0, 0.05) is 18.0 Å². The van der Waals surface area contributed by atoms with Gasteiger partial charge in [-0.15, -0.1) is 0 Å². The van der Waals surface area contributed by atoms with E-state index >= 15 is 0 Å². The number of thiophene rings is 1. The summed E-state index contributed by atoms with van der Waals surface area (Å²) in [6.07, 6.45) is 0. The molecule has 0 aliphatic heterocycles. The van der Waals surface area contributed by atoms with Gasteiger partial charge in [0.25, 0.3) is 0 Å². The number of nitrogens with one attached hydrogen (secondary N) is 1. The van der Waals surface area contributed by atoms with Crippen LogP contribution in [0.25, 0.3) is 0 Å². The van der Waals surface area contributed by atoms with Crippen LogP contribution in [0.4, 0.5) is 10.7 Å². The van der Waals surface area contributed by atoms with E-state index in [1.54, 1.807) is 11.4 Å². The van der Waals surface area contributed by atoms with Crippen LogP contribution in [-0.2, 0) is 6.54 Å². The van der Waals surface area contributed by atoms with Crippen molar-refractivity contribution in [2.75, 3.05) is 11.9 Å². The molecule has 106 valence electrons. The van der Waals surface area contributed by atoms with Crippen LogP contribution in [-0.4, -0.2) is 11.5 Å². The number of rotatable bonds is 6. The second-order valence-corrected chi connectivity index (χ2v) is 5.23. The zero-order valence-corrected chi connectivity index (χ0v) is 12.2. The molecule has 0 saturated heterocycles. The molecule has 0 saturated carbocycles. The van der Waals surface area contributed by atoms with E-state index in [0.29, 0.717) is 13.2 Å². The van der Waals surface area contributed by atoms with Crippen LogP contribution < -0.4 is 10.1 Å². The number of anilines is 1. The Balaban J connectivity index is 2.07. The first-order valence-electron chi connectivity index (χ1n) is 6.29. The molecule has 1 heterocycles. The summed E-state index contributed by atoms with van der Waals surface area (Å²) in [6, 6.07) is 7.52. The van der Waals surface area contributed by atoms with Crippen molar-refractivity contribution < 1.29 is 9.66 Å². The first-order valence-corrected chi connectivity index (χ1v) is 7.17. The molecule has 1 aromatic heterocycles. The maximum Gasteiger partial charge on any atom is 0.324 e. The van der Waals surface area contributed by atoms with Crippen molar-refractivity contribution in [2.45, 2.75) is 20.4 Å². The lowest BCUT2D eigenvalue weighted by Gasteiger charge is -2.12. The topological polar surface area (TPSA) is 64.4 Å². The van der Waals surface area contributed by atoms with Crippen molar-refractivity contribution in [3.8, 4) is 5.75 Å². The van der Waals surface area contributed by atoms with E-state index in [0.717, 1.165) is 33.9 Å². The Bertz CT molecular complexity index is 610. The highest BCUT2D eigenvalue weighted by Gasteiger charge is 2.10.